The van der Waals surface area contributed by atoms with Gasteiger partial charge in [-0.25, -0.2) is 0 Å². The summed E-state index contributed by atoms with van der Waals surface area (Å²) in [6, 6.07) is 0. The van der Waals surface area contributed by atoms with Gasteiger partial charge < -0.3 is 4.43 Å². The summed E-state index contributed by atoms with van der Waals surface area (Å²) in [5, 5.41) is 0.305. The van der Waals surface area contributed by atoms with Gasteiger partial charge in [0.2, 0.25) is 0 Å². The highest BCUT2D eigenvalue weighted by molar-refractivity contribution is 14.1. The van der Waals surface area contributed by atoms with Gasteiger partial charge in [0.25, 0.3) is 0 Å². The summed E-state index contributed by atoms with van der Waals surface area (Å²) in [5.74, 6) is 1.38. The molecule has 0 rings (SSSR count). The fourth-order valence-corrected chi connectivity index (χ4v) is 3.99. The first-order valence-electron chi connectivity index (χ1n) is 8.42. The van der Waals surface area contributed by atoms with Crippen LogP contribution in [0.1, 0.15) is 67.2 Å². The van der Waals surface area contributed by atoms with Crippen LogP contribution in [-0.4, -0.2) is 14.4 Å². The van der Waals surface area contributed by atoms with Gasteiger partial charge in [0, 0.05) is 6.10 Å². The molecule has 2 unspecified atom stereocenters. The molecule has 0 saturated heterocycles. The van der Waals surface area contributed by atoms with Crippen molar-refractivity contribution in [2.24, 2.45) is 11.8 Å². The van der Waals surface area contributed by atoms with Gasteiger partial charge in [0.05, 0.1) is 0 Å². The third kappa shape index (κ3) is 8.17. The summed E-state index contributed by atoms with van der Waals surface area (Å²) in [5.41, 5.74) is 0. The minimum Gasteiger partial charge on any atom is -0.414 e. The minimum absolute atomic E-state index is 0.305. The second-order valence-corrected chi connectivity index (χ2v) is 14.3. The van der Waals surface area contributed by atoms with Crippen molar-refractivity contribution in [3.05, 3.63) is 10.2 Å². The number of hydrogen-bond acceptors (Lipinski definition) is 1. The number of allylic oxidation sites excluding steroid dienone is 1. The topological polar surface area (TPSA) is 9.23 Å². The van der Waals surface area contributed by atoms with Crippen LogP contribution < -0.4 is 0 Å². The van der Waals surface area contributed by atoms with Gasteiger partial charge >= 0.3 is 0 Å². The van der Waals surface area contributed by atoms with Crippen LogP contribution in [0.5, 0.6) is 0 Å². The van der Waals surface area contributed by atoms with Crippen LogP contribution in [0.2, 0.25) is 18.1 Å². The molecule has 0 bridgehead atoms. The molecule has 0 radical (unpaired) electrons. The van der Waals surface area contributed by atoms with E-state index in [-0.39, 0.29) is 0 Å². The first-order chi connectivity index (χ1) is 9.40. The Labute approximate surface area is 148 Å². The lowest BCUT2D eigenvalue weighted by Gasteiger charge is -2.39. The first-order valence-corrected chi connectivity index (χ1v) is 12.4. The zero-order chi connectivity index (χ0) is 16.8. The van der Waals surface area contributed by atoms with Crippen LogP contribution in [0.4, 0.5) is 0 Å². The Morgan fingerprint density at radius 1 is 1.19 bits per heavy atom. The fraction of sp³-hybridized carbons (Fsp3) is 0.889. The Kier molecular flexibility index (Phi) is 9.35. The normalized spacial score (nSPS) is 17.4. The molecule has 3 atom stereocenters. The monoisotopic (exact) mass is 424 g/mol. The van der Waals surface area contributed by atoms with Crippen molar-refractivity contribution in [1.82, 2.24) is 0 Å². The van der Waals surface area contributed by atoms with Crippen molar-refractivity contribution in [3.63, 3.8) is 0 Å². The van der Waals surface area contributed by atoms with Crippen LogP contribution >= 0.6 is 22.6 Å². The quantitative estimate of drug-likeness (QED) is 0.281. The zero-order valence-corrected chi connectivity index (χ0v) is 18.7. The Morgan fingerprint density at radius 2 is 1.71 bits per heavy atom. The highest BCUT2D eigenvalue weighted by atomic mass is 127. The lowest BCUT2D eigenvalue weighted by atomic mass is 9.92. The molecule has 0 aliphatic rings. The molecule has 0 saturated carbocycles. The second kappa shape index (κ2) is 9.07. The molecule has 21 heavy (non-hydrogen) atoms. The maximum absolute atomic E-state index is 6.57. The summed E-state index contributed by atoms with van der Waals surface area (Å²) in [6.45, 7) is 22.7. The molecule has 0 amide bonds. The molecule has 0 aromatic heterocycles. The summed E-state index contributed by atoms with van der Waals surface area (Å²) in [4.78, 5) is 0. The van der Waals surface area contributed by atoms with E-state index in [2.05, 4.69) is 83.8 Å². The molecule has 0 aliphatic carbocycles. The van der Waals surface area contributed by atoms with Crippen LogP contribution in [0.15, 0.2) is 10.2 Å². The molecular formula is C18H37IOSi. The Hall–Kier alpha value is 0.647. The van der Waals surface area contributed by atoms with Crippen molar-refractivity contribution < 1.29 is 4.43 Å². The van der Waals surface area contributed by atoms with E-state index in [9.17, 15) is 0 Å². The van der Waals surface area contributed by atoms with Gasteiger partial charge in [-0.3, -0.25) is 0 Å². The second-order valence-electron chi connectivity index (χ2n) is 8.17. The molecule has 0 fully saturated rings. The van der Waals surface area contributed by atoms with Crippen molar-refractivity contribution >= 4 is 30.9 Å². The van der Waals surface area contributed by atoms with Gasteiger partial charge in [-0.2, -0.15) is 0 Å². The zero-order valence-electron chi connectivity index (χ0n) is 15.6. The molecule has 126 valence electrons. The highest BCUT2D eigenvalue weighted by Crippen LogP contribution is 2.38. The Balaban J connectivity index is 4.37. The molecule has 0 spiro atoms. The van der Waals surface area contributed by atoms with Gasteiger partial charge in [0.15, 0.2) is 8.32 Å². The van der Waals surface area contributed by atoms with E-state index in [4.69, 9.17) is 4.43 Å². The molecule has 0 heterocycles. The van der Waals surface area contributed by atoms with Crippen molar-refractivity contribution in [3.8, 4) is 0 Å². The van der Waals surface area contributed by atoms with Crippen molar-refractivity contribution in [1.29, 1.82) is 0 Å². The minimum atomic E-state index is -1.63. The molecule has 0 aromatic rings. The standard InChI is InChI=1S/C18H37IOSi/c1-10-17(20-21(8,9)18(5,6)7)12-11-14(2)13-15(3)16(4)19/h14-15,17H,4,10-13H2,1-3,5-9H3/t14-,15?,17?/m1/s1. The van der Waals surface area contributed by atoms with Crippen LogP contribution in [0.3, 0.4) is 0 Å². The van der Waals surface area contributed by atoms with Crippen LogP contribution in [0.25, 0.3) is 0 Å². The van der Waals surface area contributed by atoms with E-state index >= 15 is 0 Å². The molecular weight excluding hydrogens is 387 g/mol. The molecule has 0 N–H and O–H groups in total. The van der Waals surface area contributed by atoms with E-state index in [0.29, 0.717) is 17.1 Å². The van der Waals surface area contributed by atoms with Gasteiger partial charge in [0.1, 0.15) is 0 Å². The van der Waals surface area contributed by atoms with Gasteiger partial charge in [-0.15, -0.1) is 0 Å². The number of halogens is 1. The summed E-state index contributed by atoms with van der Waals surface area (Å²) in [6.07, 6.45) is 5.28. The molecule has 0 aromatic carbocycles. The van der Waals surface area contributed by atoms with Crippen LogP contribution in [0, 0.1) is 11.8 Å². The lowest BCUT2D eigenvalue weighted by molar-refractivity contribution is 0.156. The van der Waals surface area contributed by atoms with E-state index in [1.807, 2.05) is 0 Å². The number of rotatable bonds is 9. The SMILES string of the molecule is C=C(I)C(C)C[C@H](C)CCC(CC)O[Si](C)(C)C(C)(C)C. The molecule has 3 heteroatoms. The predicted octanol–water partition coefficient (Wildman–Crippen LogP) is 7.18. The third-order valence-corrected chi connectivity index (χ3v) is 10.6. The van der Waals surface area contributed by atoms with Crippen molar-refractivity contribution in [2.75, 3.05) is 0 Å². The molecule has 1 nitrogen and oxygen atoms in total. The van der Waals surface area contributed by atoms with E-state index in [0.717, 1.165) is 12.3 Å². The lowest BCUT2D eigenvalue weighted by Crippen LogP contribution is -2.43. The Bertz CT molecular complexity index is 320. The number of hydrogen-bond donors (Lipinski definition) is 0. The fourth-order valence-electron chi connectivity index (χ4n) is 2.26. The van der Waals surface area contributed by atoms with Crippen LogP contribution in [-0.2, 0) is 4.43 Å². The van der Waals surface area contributed by atoms with E-state index in [1.165, 1.54) is 22.8 Å². The van der Waals surface area contributed by atoms with E-state index in [1.54, 1.807) is 0 Å². The Morgan fingerprint density at radius 3 is 2.10 bits per heavy atom. The highest BCUT2D eigenvalue weighted by Gasteiger charge is 2.38. The maximum atomic E-state index is 6.57. The van der Waals surface area contributed by atoms with E-state index < -0.39 is 8.32 Å². The van der Waals surface area contributed by atoms with Gasteiger partial charge in [-0.05, 0) is 81.8 Å². The summed E-state index contributed by atoms with van der Waals surface area (Å²) in [7, 11) is -1.63. The predicted molar refractivity (Wildman–Crippen MR) is 108 cm³/mol. The third-order valence-electron chi connectivity index (χ3n) is 4.99. The van der Waals surface area contributed by atoms with Crippen molar-refractivity contribution in [2.45, 2.75) is 91.5 Å². The smallest absolute Gasteiger partial charge is 0.192 e. The largest absolute Gasteiger partial charge is 0.414 e. The summed E-state index contributed by atoms with van der Waals surface area (Å²) < 4.78 is 7.86. The van der Waals surface area contributed by atoms with Gasteiger partial charge in [-0.1, -0.05) is 48.1 Å². The average Bonchev–Trinajstić information content (AvgIpc) is 2.32. The maximum Gasteiger partial charge on any atom is 0.192 e. The summed E-state index contributed by atoms with van der Waals surface area (Å²) >= 11 is 2.36. The first kappa shape index (κ1) is 21.6. The average molecular weight is 424 g/mol. The molecule has 0 aliphatic heterocycles.